The maximum absolute atomic E-state index is 12.4. The van der Waals surface area contributed by atoms with Crippen LogP contribution in [0.2, 0.25) is 0 Å². The number of rotatable bonds is 5. The van der Waals surface area contributed by atoms with Gasteiger partial charge in [0.2, 0.25) is 11.8 Å². The molecule has 1 N–H and O–H groups in total. The van der Waals surface area contributed by atoms with Gasteiger partial charge in [0, 0.05) is 25.6 Å². The van der Waals surface area contributed by atoms with E-state index in [1.165, 1.54) is 12.8 Å². The van der Waals surface area contributed by atoms with Crippen molar-refractivity contribution in [2.45, 2.75) is 51.9 Å². The molecular formula is C17H31N3O2. The van der Waals surface area contributed by atoms with Gasteiger partial charge in [0.15, 0.2) is 0 Å². The highest BCUT2D eigenvalue weighted by Crippen LogP contribution is 2.18. The van der Waals surface area contributed by atoms with Crippen molar-refractivity contribution >= 4 is 11.8 Å². The maximum atomic E-state index is 12.4. The summed E-state index contributed by atoms with van der Waals surface area (Å²) in [6.07, 6.45) is 7.53. The van der Waals surface area contributed by atoms with Crippen LogP contribution in [0.5, 0.6) is 0 Å². The average molecular weight is 309 g/mol. The molecule has 126 valence electrons. The Balaban J connectivity index is 1.70. The summed E-state index contributed by atoms with van der Waals surface area (Å²) in [5.41, 5.74) is 0. The lowest BCUT2D eigenvalue weighted by Gasteiger charge is -2.32. The second-order valence-corrected chi connectivity index (χ2v) is 6.64. The Morgan fingerprint density at radius 1 is 1.00 bits per heavy atom. The Morgan fingerprint density at radius 2 is 1.64 bits per heavy atom. The largest absolute Gasteiger partial charge is 0.356 e. The summed E-state index contributed by atoms with van der Waals surface area (Å²) in [6.45, 7) is 6.95. The summed E-state index contributed by atoms with van der Waals surface area (Å²) < 4.78 is 0. The van der Waals surface area contributed by atoms with Crippen molar-refractivity contribution in [3.05, 3.63) is 0 Å². The van der Waals surface area contributed by atoms with Crippen LogP contribution in [0.3, 0.4) is 0 Å². The fourth-order valence-corrected chi connectivity index (χ4v) is 3.36. The molecular weight excluding hydrogens is 278 g/mol. The third kappa shape index (κ3) is 5.27. The molecule has 0 aromatic heterocycles. The van der Waals surface area contributed by atoms with Crippen molar-refractivity contribution in [1.29, 1.82) is 0 Å². The van der Waals surface area contributed by atoms with Crippen LogP contribution in [-0.4, -0.2) is 60.9 Å². The van der Waals surface area contributed by atoms with Gasteiger partial charge in [0.1, 0.15) is 0 Å². The van der Waals surface area contributed by atoms with E-state index in [0.29, 0.717) is 6.54 Å². The van der Waals surface area contributed by atoms with Gasteiger partial charge >= 0.3 is 0 Å². The second kappa shape index (κ2) is 9.13. The van der Waals surface area contributed by atoms with Crippen LogP contribution in [0, 0.1) is 5.92 Å². The van der Waals surface area contributed by atoms with E-state index in [9.17, 15) is 9.59 Å². The van der Waals surface area contributed by atoms with E-state index in [1.54, 1.807) is 0 Å². The zero-order chi connectivity index (χ0) is 15.8. The Morgan fingerprint density at radius 3 is 2.23 bits per heavy atom. The fraction of sp³-hybridized carbons (Fsp3) is 0.882. The molecule has 2 heterocycles. The van der Waals surface area contributed by atoms with Crippen molar-refractivity contribution in [1.82, 2.24) is 15.1 Å². The summed E-state index contributed by atoms with van der Waals surface area (Å²) in [5, 5.41) is 2.98. The van der Waals surface area contributed by atoms with Crippen LogP contribution in [0.15, 0.2) is 0 Å². The van der Waals surface area contributed by atoms with Crippen LogP contribution >= 0.6 is 0 Å². The molecule has 0 unspecified atom stereocenters. The zero-order valence-corrected chi connectivity index (χ0v) is 14.0. The monoisotopic (exact) mass is 309 g/mol. The molecule has 0 bridgehead atoms. The zero-order valence-electron chi connectivity index (χ0n) is 14.0. The summed E-state index contributed by atoms with van der Waals surface area (Å²) in [7, 11) is 0. The average Bonchev–Trinajstić information content (AvgIpc) is 2.82. The number of nitrogens with one attached hydrogen (secondary N) is 1. The normalized spacial score (nSPS) is 21.4. The molecule has 2 fully saturated rings. The minimum Gasteiger partial charge on any atom is -0.356 e. The third-order valence-electron chi connectivity index (χ3n) is 4.83. The second-order valence-electron chi connectivity index (χ2n) is 6.64. The number of nitrogens with zero attached hydrogens (tertiary/aromatic N) is 2. The maximum Gasteiger partial charge on any atom is 0.236 e. The van der Waals surface area contributed by atoms with Crippen molar-refractivity contribution in [2.24, 2.45) is 5.92 Å². The summed E-state index contributed by atoms with van der Waals surface area (Å²) in [6, 6.07) is 0. The molecule has 0 radical (unpaired) electrons. The van der Waals surface area contributed by atoms with E-state index in [1.807, 2.05) is 4.90 Å². The molecule has 2 rings (SSSR count). The van der Waals surface area contributed by atoms with E-state index < -0.39 is 0 Å². The van der Waals surface area contributed by atoms with Crippen molar-refractivity contribution in [3.63, 3.8) is 0 Å². The molecule has 2 amide bonds. The summed E-state index contributed by atoms with van der Waals surface area (Å²) >= 11 is 0. The molecule has 5 nitrogen and oxygen atoms in total. The summed E-state index contributed by atoms with van der Waals surface area (Å²) in [5.74, 6) is 0.604. The molecule has 2 aliphatic heterocycles. The highest BCUT2D eigenvalue weighted by molar-refractivity contribution is 5.79. The number of carbonyl (C=O) groups excluding carboxylic acids is 2. The number of piperidine rings is 1. The van der Waals surface area contributed by atoms with Gasteiger partial charge in [-0.15, -0.1) is 0 Å². The third-order valence-corrected chi connectivity index (χ3v) is 4.83. The van der Waals surface area contributed by atoms with Gasteiger partial charge in [-0.05, 0) is 45.2 Å². The molecule has 2 aliphatic rings. The van der Waals surface area contributed by atoms with Crippen LogP contribution in [0.4, 0.5) is 0 Å². The fourth-order valence-electron chi connectivity index (χ4n) is 3.36. The highest BCUT2D eigenvalue weighted by atomic mass is 16.2. The smallest absolute Gasteiger partial charge is 0.236 e. The minimum absolute atomic E-state index is 0.135. The number of likely N-dealkylation sites (tertiary alicyclic amines) is 2. The van der Waals surface area contributed by atoms with E-state index in [0.717, 1.165) is 64.8 Å². The number of carbonyl (C=O) groups is 2. The van der Waals surface area contributed by atoms with Crippen LogP contribution in [-0.2, 0) is 9.59 Å². The van der Waals surface area contributed by atoms with Gasteiger partial charge in [-0.3, -0.25) is 14.5 Å². The van der Waals surface area contributed by atoms with Crippen molar-refractivity contribution in [3.8, 4) is 0 Å². The Bertz CT molecular complexity index is 357. The van der Waals surface area contributed by atoms with Crippen molar-refractivity contribution < 1.29 is 9.59 Å². The van der Waals surface area contributed by atoms with Gasteiger partial charge in [0.25, 0.3) is 0 Å². The van der Waals surface area contributed by atoms with Crippen molar-refractivity contribution in [2.75, 3.05) is 39.3 Å². The van der Waals surface area contributed by atoms with Crippen LogP contribution < -0.4 is 5.32 Å². The molecule has 22 heavy (non-hydrogen) atoms. The van der Waals surface area contributed by atoms with Gasteiger partial charge in [-0.1, -0.05) is 19.8 Å². The van der Waals surface area contributed by atoms with Crippen LogP contribution in [0.25, 0.3) is 0 Å². The first-order valence-corrected chi connectivity index (χ1v) is 8.98. The molecule has 0 aromatic rings. The molecule has 0 saturated carbocycles. The molecule has 0 atom stereocenters. The highest BCUT2D eigenvalue weighted by Gasteiger charge is 2.26. The van der Waals surface area contributed by atoms with Gasteiger partial charge < -0.3 is 10.2 Å². The van der Waals surface area contributed by atoms with Gasteiger partial charge in [-0.2, -0.15) is 0 Å². The SMILES string of the molecule is CCCNC(=O)C1CCN(CC(=O)N2CCCCCC2)CC1. The van der Waals surface area contributed by atoms with E-state index >= 15 is 0 Å². The Hall–Kier alpha value is -1.10. The molecule has 2 saturated heterocycles. The molecule has 0 spiro atoms. The molecule has 5 heteroatoms. The number of hydrogen-bond acceptors (Lipinski definition) is 3. The first-order chi connectivity index (χ1) is 10.7. The summed E-state index contributed by atoms with van der Waals surface area (Å²) in [4.78, 5) is 28.6. The van der Waals surface area contributed by atoms with E-state index in [-0.39, 0.29) is 17.7 Å². The molecule has 0 aliphatic carbocycles. The number of hydrogen-bond donors (Lipinski definition) is 1. The predicted octanol–water partition coefficient (Wildman–Crippen LogP) is 1.63. The van der Waals surface area contributed by atoms with Gasteiger partial charge in [-0.25, -0.2) is 0 Å². The minimum atomic E-state index is 0.135. The lowest BCUT2D eigenvalue weighted by Crippen LogP contribution is -2.45. The van der Waals surface area contributed by atoms with Gasteiger partial charge in [0.05, 0.1) is 6.54 Å². The topological polar surface area (TPSA) is 52.7 Å². The lowest BCUT2D eigenvalue weighted by molar-refractivity contribution is -0.133. The number of amides is 2. The van der Waals surface area contributed by atoms with Crippen LogP contribution in [0.1, 0.15) is 51.9 Å². The first-order valence-electron chi connectivity index (χ1n) is 8.98. The first kappa shape index (κ1) is 17.3. The Labute approximate surface area is 134 Å². The predicted molar refractivity (Wildman–Crippen MR) is 87.5 cm³/mol. The van der Waals surface area contributed by atoms with E-state index in [2.05, 4.69) is 17.1 Å². The standard InChI is InChI=1S/C17H31N3O2/c1-2-9-18-17(22)15-7-12-19(13-8-15)14-16(21)20-10-5-3-4-6-11-20/h15H,2-14H2,1H3,(H,18,22). The lowest BCUT2D eigenvalue weighted by atomic mass is 9.96. The quantitative estimate of drug-likeness (QED) is 0.840. The molecule has 0 aromatic carbocycles. The van der Waals surface area contributed by atoms with E-state index in [4.69, 9.17) is 0 Å². The Kier molecular flexibility index (Phi) is 7.16.